The summed E-state index contributed by atoms with van der Waals surface area (Å²) in [6.07, 6.45) is 1.79. The van der Waals surface area contributed by atoms with Crippen LogP contribution >= 0.6 is 0 Å². The van der Waals surface area contributed by atoms with Gasteiger partial charge in [0.25, 0.3) is 0 Å². The van der Waals surface area contributed by atoms with Gasteiger partial charge in [0.1, 0.15) is 11.6 Å². The lowest BCUT2D eigenvalue weighted by atomic mass is 10.1. The Kier molecular flexibility index (Phi) is 2.97. The largest absolute Gasteiger partial charge is 0.342 e. The summed E-state index contributed by atoms with van der Waals surface area (Å²) >= 11 is 0. The van der Waals surface area contributed by atoms with Crippen LogP contribution in [0.5, 0.6) is 0 Å². The number of hydrogen-bond acceptors (Lipinski definition) is 4. The van der Waals surface area contributed by atoms with Crippen molar-refractivity contribution in [3.05, 3.63) is 42.1 Å². The second kappa shape index (κ2) is 4.78. The van der Waals surface area contributed by atoms with Crippen LogP contribution in [0.2, 0.25) is 0 Å². The van der Waals surface area contributed by atoms with Gasteiger partial charge in [0.15, 0.2) is 0 Å². The first-order chi connectivity index (χ1) is 9.26. The molecule has 2 N–H and O–H groups in total. The first-order valence-electron chi connectivity index (χ1n) is 6.19. The Morgan fingerprint density at radius 3 is 2.95 bits per heavy atom. The van der Waals surface area contributed by atoms with E-state index in [4.69, 9.17) is 0 Å². The molecule has 0 fully saturated rings. The van der Waals surface area contributed by atoms with Crippen LogP contribution in [0.15, 0.2) is 30.5 Å². The minimum atomic E-state index is 0.666. The third-order valence-electron chi connectivity index (χ3n) is 2.94. The number of benzene rings is 1. The van der Waals surface area contributed by atoms with Crippen molar-refractivity contribution in [2.24, 2.45) is 0 Å². The normalized spacial score (nSPS) is 11.1. The first kappa shape index (κ1) is 11.8. The van der Waals surface area contributed by atoms with Crippen LogP contribution in [-0.2, 0) is 6.54 Å². The maximum absolute atomic E-state index is 4.54. The summed E-state index contributed by atoms with van der Waals surface area (Å²) in [5.41, 5.74) is 4.00. The molecule has 3 rings (SSSR count). The van der Waals surface area contributed by atoms with Gasteiger partial charge in [-0.2, -0.15) is 0 Å². The molecule has 0 spiro atoms. The van der Waals surface area contributed by atoms with Gasteiger partial charge >= 0.3 is 0 Å². The number of nitrogens with zero attached hydrogens (tertiary/aromatic N) is 3. The molecule has 19 heavy (non-hydrogen) atoms. The molecule has 96 valence electrons. The third-order valence-corrected chi connectivity index (χ3v) is 2.94. The first-order valence-corrected chi connectivity index (χ1v) is 6.19. The van der Waals surface area contributed by atoms with Crippen molar-refractivity contribution in [2.75, 3.05) is 7.05 Å². The van der Waals surface area contributed by atoms with Crippen molar-refractivity contribution < 1.29 is 0 Å². The van der Waals surface area contributed by atoms with Gasteiger partial charge in [-0.25, -0.2) is 15.0 Å². The zero-order valence-electron chi connectivity index (χ0n) is 10.9. The molecule has 0 unspecified atom stereocenters. The van der Waals surface area contributed by atoms with E-state index in [1.807, 2.05) is 32.2 Å². The summed E-state index contributed by atoms with van der Waals surface area (Å²) in [6.45, 7) is 2.62. The smallest absolute Gasteiger partial charge is 0.142 e. The number of rotatable bonds is 3. The fraction of sp³-hybridized carbons (Fsp3) is 0.214. The molecule has 0 aliphatic rings. The number of hydrogen-bond donors (Lipinski definition) is 2. The van der Waals surface area contributed by atoms with Crippen molar-refractivity contribution >= 4 is 11.0 Å². The monoisotopic (exact) mass is 253 g/mol. The van der Waals surface area contributed by atoms with E-state index in [0.29, 0.717) is 6.54 Å². The Morgan fingerprint density at radius 2 is 2.11 bits per heavy atom. The minimum absolute atomic E-state index is 0.666. The van der Waals surface area contributed by atoms with Gasteiger partial charge in [0.2, 0.25) is 0 Å². The van der Waals surface area contributed by atoms with Crippen molar-refractivity contribution in [2.45, 2.75) is 13.5 Å². The zero-order chi connectivity index (χ0) is 13.2. The van der Waals surface area contributed by atoms with Gasteiger partial charge in [-0.1, -0.05) is 6.07 Å². The second-order valence-corrected chi connectivity index (χ2v) is 4.44. The van der Waals surface area contributed by atoms with Gasteiger partial charge in [0, 0.05) is 11.8 Å². The standard InChI is InChI=1S/C14H15N5/c1-9-17-12-4-3-10(7-13(12)18-9)11-5-6-16-14(19-11)8-15-2/h3-7,15H,8H2,1-2H3,(H,17,18). The predicted octanol–water partition coefficient (Wildman–Crippen LogP) is 2.05. The number of H-pyrrole nitrogens is 1. The summed E-state index contributed by atoms with van der Waals surface area (Å²) in [7, 11) is 1.88. The number of imidazole rings is 1. The van der Waals surface area contributed by atoms with E-state index >= 15 is 0 Å². The molecule has 0 bridgehead atoms. The minimum Gasteiger partial charge on any atom is -0.342 e. The van der Waals surface area contributed by atoms with Gasteiger partial charge in [0.05, 0.1) is 23.3 Å². The summed E-state index contributed by atoms with van der Waals surface area (Å²) in [5, 5.41) is 3.05. The Labute approximate surface area is 111 Å². The average molecular weight is 253 g/mol. The van der Waals surface area contributed by atoms with Crippen molar-refractivity contribution in [1.82, 2.24) is 25.3 Å². The van der Waals surface area contributed by atoms with E-state index in [-0.39, 0.29) is 0 Å². The Hall–Kier alpha value is -2.27. The van der Waals surface area contributed by atoms with E-state index < -0.39 is 0 Å². The molecule has 1 aromatic carbocycles. The van der Waals surface area contributed by atoms with E-state index in [0.717, 1.165) is 33.9 Å². The highest BCUT2D eigenvalue weighted by Gasteiger charge is 2.05. The summed E-state index contributed by atoms with van der Waals surface area (Å²) in [4.78, 5) is 16.4. The molecule has 2 heterocycles. The van der Waals surface area contributed by atoms with Crippen LogP contribution in [0.25, 0.3) is 22.3 Å². The Morgan fingerprint density at radius 1 is 1.21 bits per heavy atom. The predicted molar refractivity (Wildman–Crippen MR) is 74.6 cm³/mol. The third kappa shape index (κ3) is 2.32. The SMILES string of the molecule is CNCc1nccc(-c2ccc3nc(C)[nH]c3c2)n1. The van der Waals surface area contributed by atoms with E-state index in [9.17, 15) is 0 Å². The quantitative estimate of drug-likeness (QED) is 0.749. The van der Waals surface area contributed by atoms with E-state index in [2.05, 4.69) is 31.3 Å². The van der Waals surface area contributed by atoms with E-state index in [1.54, 1.807) is 6.20 Å². The number of aromatic amines is 1. The lowest BCUT2D eigenvalue weighted by Crippen LogP contribution is -2.09. The highest BCUT2D eigenvalue weighted by molar-refractivity contribution is 5.81. The molecule has 0 saturated heterocycles. The van der Waals surface area contributed by atoms with Crippen LogP contribution in [0.4, 0.5) is 0 Å². The molecule has 3 aromatic rings. The summed E-state index contributed by atoms with van der Waals surface area (Å²) in [6, 6.07) is 8.03. The molecule has 0 amide bonds. The number of fused-ring (bicyclic) bond motifs is 1. The van der Waals surface area contributed by atoms with Crippen LogP contribution in [0.3, 0.4) is 0 Å². The van der Waals surface area contributed by atoms with Crippen LogP contribution in [0, 0.1) is 6.92 Å². The molecule has 0 aliphatic carbocycles. The highest BCUT2D eigenvalue weighted by atomic mass is 14.9. The molecule has 5 heteroatoms. The molecule has 0 aliphatic heterocycles. The summed E-state index contributed by atoms with van der Waals surface area (Å²) < 4.78 is 0. The number of aromatic nitrogens is 4. The molecule has 2 aromatic heterocycles. The summed E-state index contributed by atoms with van der Waals surface area (Å²) in [5.74, 6) is 1.71. The lowest BCUT2D eigenvalue weighted by molar-refractivity contribution is 0.759. The van der Waals surface area contributed by atoms with Gasteiger partial charge in [-0.15, -0.1) is 0 Å². The maximum Gasteiger partial charge on any atom is 0.142 e. The van der Waals surface area contributed by atoms with Gasteiger partial charge in [-0.3, -0.25) is 0 Å². The highest BCUT2D eigenvalue weighted by Crippen LogP contribution is 2.21. The maximum atomic E-state index is 4.54. The van der Waals surface area contributed by atoms with Gasteiger partial charge in [-0.05, 0) is 32.2 Å². The fourth-order valence-electron chi connectivity index (χ4n) is 2.10. The second-order valence-electron chi connectivity index (χ2n) is 4.44. The average Bonchev–Trinajstić information content (AvgIpc) is 2.78. The van der Waals surface area contributed by atoms with Gasteiger partial charge < -0.3 is 10.3 Å². The number of nitrogens with one attached hydrogen (secondary N) is 2. The Bertz CT molecular complexity index is 717. The molecule has 5 nitrogen and oxygen atoms in total. The molecule has 0 saturated carbocycles. The Balaban J connectivity index is 2.05. The van der Waals surface area contributed by atoms with Crippen LogP contribution < -0.4 is 5.32 Å². The van der Waals surface area contributed by atoms with Crippen molar-refractivity contribution in [1.29, 1.82) is 0 Å². The molecule has 0 atom stereocenters. The molecule has 0 radical (unpaired) electrons. The van der Waals surface area contributed by atoms with E-state index in [1.165, 1.54) is 0 Å². The van der Waals surface area contributed by atoms with Crippen LogP contribution in [-0.4, -0.2) is 27.0 Å². The van der Waals surface area contributed by atoms with Crippen molar-refractivity contribution in [3.8, 4) is 11.3 Å². The topological polar surface area (TPSA) is 66.5 Å². The molecular weight excluding hydrogens is 238 g/mol. The van der Waals surface area contributed by atoms with Crippen LogP contribution in [0.1, 0.15) is 11.6 Å². The zero-order valence-corrected chi connectivity index (χ0v) is 10.9. The molecular formula is C14H15N5. The lowest BCUT2D eigenvalue weighted by Gasteiger charge is -2.03. The number of aryl methyl sites for hydroxylation is 1. The van der Waals surface area contributed by atoms with Crippen molar-refractivity contribution in [3.63, 3.8) is 0 Å². The fourth-order valence-corrected chi connectivity index (χ4v) is 2.10.